The number of para-hydroxylation sites is 1. The average Bonchev–Trinajstić information content (AvgIpc) is 2.62. The van der Waals surface area contributed by atoms with E-state index in [-0.39, 0.29) is 22.8 Å². The number of carbonyl (C=O) groups excluding carboxylic acids is 1. The van der Waals surface area contributed by atoms with Crippen molar-refractivity contribution in [3.63, 3.8) is 0 Å². The topological polar surface area (TPSA) is 110 Å². The molecule has 0 aliphatic carbocycles. The van der Waals surface area contributed by atoms with Crippen LogP contribution in [0.2, 0.25) is 0 Å². The number of hydrogen-bond acceptors (Lipinski definition) is 5. The lowest BCUT2D eigenvalue weighted by Crippen LogP contribution is -2.30. The second-order valence-corrected chi connectivity index (χ2v) is 7.52. The Morgan fingerprint density at radius 2 is 1.67 bits per heavy atom. The lowest BCUT2D eigenvalue weighted by molar-refractivity contribution is -0.385. The highest BCUT2D eigenvalue weighted by Gasteiger charge is 2.20. The molecule has 0 spiro atoms. The van der Waals surface area contributed by atoms with Crippen molar-refractivity contribution < 1.29 is 18.1 Å². The summed E-state index contributed by atoms with van der Waals surface area (Å²) in [5.74, 6) is -0.654. The summed E-state index contributed by atoms with van der Waals surface area (Å²) in [5.41, 5.74) is 0.594. The lowest BCUT2D eigenvalue weighted by Gasteiger charge is -2.18. The van der Waals surface area contributed by atoms with E-state index in [1.807, 2.05) is 13.8 Å². The molecule has 0 aromatic heterocycles. The van der Waals surface area contributed by atoms with Gasteiger partial charge in [0.2, 0.25) is 10.0 Å². The Morgan fingerprint density at radius 1 is 1.07 bits per heavy atom. The second-order valence-electron chi connectivity index (χ2n) is 5.80. The number of rotatable bonds is 8. The molecule has 0 unspecified atom stereocenters. The number of nitrogens with zero attached hydrogens (tertiary/aromatic N) is 2. The van der Waals surface area contributed by atoms with Crippen molar-refractivity contribution in [2.24, 2.45) is 0 Å². The van der Waals surface area contributed by atoms with E-state index in [1.165, 1.54) is 30.3 Å². The first-order valence-electron chi connectivity index (χ1n) is 8.39. The Balaban J connectivity index is 2.14. The van der Waals surface area contributed by atoms with E-state index in [1.54, 1.807) is 23.1 Å². The van der Waals surface area contributed by atoms with Gasteiger partial charge < -0.3 is 4.90 Å². The normalized spacial score (nSPS) is 11.0. The van der Waals surface area contributed by atoms with Crippen LogP contribution < -0.4 is 4.72 Å². The van der Waals surface area contributed by atoms with Gasteiger partial charge in [0.15, 0.2) is 0 Å². The fourth-order valence-electron chi connectivity index (χ4n) is 2.61. The predicted molar refractivity (Wildman–Crippen MR) is 103 cm³/mol. The first kappa shape index (κ1) is 20.4. The molecular formula is C18H21N3O5S. The Hall–Kier alpha value is -2.94. The predicted octanol–water partition coefficient (Wildman–Crippen LogP) is 3.02. The van der Waals surface area contributed by atoms with Gasteiger partial charge in [0.1, 0.15) is 5.75 Å². The van der Waals surface area contributed by atoms with Crippen molar-refractivity contribution in [3.8, 4) is 0 Å². The van der Waals surface area contributed by atoms with Crippen LogP contribution in [-0.4, -0.2) is 37.2 Å². The van der Waals surface area contributed by atoms with Gasteiger partial charge >= 0.3 is 0 Å². The molecule has 27 heavy (non-hydrogen) atoms. The number of hydrogen-bond donors (Lipinski definition) is 1. The molecule has 2 rings (SSSR count). The Kier molecular flexibility index (Phi) is 6.51. The maximum Gasteiger partial charge on any atom is 0.273 e. The molecule has 0 heterocycles. The lowest BCUT2D eigenvalue weighted by atomic mass is 10.2. The molecule has 1 amide bonds. The quantitative estimate of drug-likeness (QED) is 0.549. The van der Waals surface area contributed by atoms with E-state index >= 15 is 0 Å². The van der Waals surface area contributed by atoms with Gasteiger partial charge in [-0.05, 0) is 38.1 Å². The first-order valence-corrected chi connectivity index (χ1v) is 10.0. The smallest absolute Gasteiger partial charge is 0.273 e. The zero-order chi connectivity index (χ0) is 20.0. The van der Waals surface area contributed by atoms with E-state index in [0.29, 0.717) is 18.7 Å². The molecular weight excluding hydrogens is 370 g/mol. The molecule has 0 aliphatic heterocycles. The minimum Gasteiger partial charge on any atom is -0.339 e. The number of sulfonamides is 1. The molecule has 2 aromatic carbocycles. The summed E-state index contributed by atoms with van der Waals surface area (Å²) in [4.78, 5) is 24.3. The summed E-state index contributed by atoms with van der Waals surface area (Å²) in [6, 6.07) is 11.8. The van der Waals surface area contributed by atoms with Crippen LogP contribution >= 0.6 is 0 Å². The fraction of sp³-hybridized carbons (Fsp3) is 0.278. The largest absolute Gasteiger partial charge is 0.339 e. The Labute approximate surface area is 158 Å². The van der Waals surface area contributed by atoms with Crippen LogP contribution in [0.15, 0.2) is 48.5 Å². The van der Waals surface area contributed by atoms with Crippen molar-refractivity contribution in [1.82, 2.24) is 4.90 Å². The Morgan fingerprint density at radius 3 is 2.22 bits per heavy atom. The van der Waals surface area contributed by atoms with Crippen molar-refractivity contribution in [2.45, 2.75) is 19.6 Å². The zero-order valence-corrected chi connectivity index (χ0v) is 15.9. The van der Waals surface area contributed by atoms with Crippen LogP contribution in [0.25, 0.3) is 0 Å². The number of anilines is 1. The Bertz CT molecular complexity index is 922. The molecule has 0 fully saturated rings. The van der Waals surface area contributed by atoms with E-state index in [2.05, 4.69) is 4.72 Å². The van der Waals surface area contributed by atoms with E-state index in [4.69, 9.17) is 0 Å². The number of amides is 1. The van der Waals surface area contributed by atoms with Gasteiger partial charge in [-0.3, -0.25) is 19.6 Å². The van der Waals surface area contributed by atoms with E-state index in [9.17, 15) is 23.3 Å². The molecule has 144 valence electrons. The molecule has 0 aliphatic rings. The maximum absolute atomic E-state index is 12.4. The van der Waals surface area contributed by atoms with Crippen molar-refractivity contribution >= 4 is 27.3 Å². The first-order chi connectivity index (χ1) is 12.8. The minimum atomic E-state index is -3.85. The molecule has 2 aromatic rings. The van der Waals surface area contributed by atoms with Gasteiger partial charge in [-0.1, -0.05) is 18.2 Å². The minimum absolute atomic E-state index is 0.100. The number of nitrogens with one attached hydrogen (secondary N) is 1. The van der Waals surface area contributed by atoms with Crippen molar-refractivity contribution in [1.29, 1.82) is 0 Å². The number of nitro benzene ring substituents is 1. The van der Waals surface area contributed by atoms with Crippen LogP contribution in [0.3, 0.4) is 0 Å². The van der Waals surface area contributed by atoms with Gasteiger partial charge in [-0.25, -0.2) is 8.42 Å². The number of benzene rings is 2. The second kappa shape index (κ2) is 8.63. The van der Waals surface area contributed by atoms with Crippen LogP contribution in [-0.2, 0) is 15.8 Å². The van der Waals surface area contributed by atoms with Gasteiger partial charge in [-0.15, -0.1) is 0 Å². The molecule has 9 heteroatoms. The van der Waals surface area contributed by atoms with Gasteiger partial charge in [0.25, 0.3) is 11.6 Å². The highest BCUT2D eigenvalue weighted by Crippen LogP contribution is 2.21. The SMILES string of the molecule is CCN(CC)C(=O)c1ccc(NS(=O)(=O)Cc2ccccc2[N+](=O)[O-])cc1. The third-order valence-electron chi connectivity index (χ3n) is 3.99. The number of nitro groups is 1. The maximum atomic E-state index is 12.4. The highest BCUT2D eigenvalue weighted by molar-refractivity contribution is 7.91. The molecule has 0 radical (unpaired) electrons. The molecule has 0 saturated heterocycles. The molecule has 0 bridgehead atoms. The molecule has 0 saturated carbocycles. The molecule has 8 nitrogen and oxygen atoms in total. The van der Waals surface area contributed by atoms with Crippen LogP contribution in [0.5, 0.6) is 0 Å². The highest BCUT2D eigenvalue weighted by atomic mass is 32.2. The van der Waals surface area contributed by atoms with E-state index in [0.717, 1.165) is 0 Å². The van der Waals surface area contributed by atoms with Crippen LogP contribution in [0.1, 0.15) is 29.8 Å². The monoisotopic (exact) mass is 391 g/mol. The fourth-order valence-corrected chi connectivity index (χ4v) is 3.83. The van der Waals surface area contributed by atoms with Gasteiger partial charge in [0, 0.05) is 36.0 Å². The molecule has 0 atom stereocenters. The standard InChI is InChI=1S/C18H21N3O5S/c1-3-20(4-2)18(22)14-9-11-16(12-10-14)19-27(25,26)13-15-7-5-6-8-17(15)21(23)24/h5-12,19H,3-4,13H2,1-2H3. The van der Waals surface area contributed by atoms with Gasteiger partial charge in [0.05, 0.1) is 4.92 Å². The van der Waals surface area contributed by atoms with Crippen molar-refractivity contribution in [3.05, 3.63) is 69.8 Å². The summed E-state index contributed by atoms with van der Waals surface area (Å²) >= 11 is 0. The zero-order valence-electron chi connectivity index (χ0n) is 15.1. The number of carbonyl (C=O) groups is 1. The summed E-state index contributed by atoms with van der Waals surface area (Å²) in [6.07, 6.45) is 0. The molecule has 1 N–H and O–H groups in total. The third-order valence-corrected chi connectivity index (χ3v) is 5.23. The van der Waals surface area contributed by atoms with Crippen LogP contribution in [0, 0.1) is 10.1 Å². The van der Waals surface area contributed by atoms with E-state index < -0.39 is 20.7 Å². The summed E-state index contributed by atoms with van der Waals surface area (Å²) in [5, 5.41) is 11.0. The third kappa shape index (κ3) is 5.27. The van der Waals surface area contributed by atoms with Gasteiger partial charge in [-0.2, -0.15) is 0 Å². The summed E-state index contributed by atoms with van der Waals surface area (Å²) in [6.45, 7) is 4.93. The summed E-state index contributed by atoms with van der Waals surface area (Å²) in [7, 11) is -3.85. The summed E-state index contributed by atoms with van der Waals surface area (Å²) < 4.78 is 27.1. The van der Waals surface area contributed by atoms with Crippen molar-refractivity contribution in [2.75, 3.05) is 17.8 Å². The van der Waals surface area contributed by atoms with Crippen LogP contribution in [0.4, 0.5) is 11.4 Å². The average molecular weight is 391 g/mol.